The van der Waals surface area contributed by atoms with Crippen LogP contribution in [-0.2, 0) is 35.4 Å². The molecule has 0 aliphatic rings. The van der Waals surface area contributed by atoms with E-state index in [1.54, 1.807) is 6.92 Å². The Hall–Kier alpha value is -3.17. The van der Waals surface area contributed by atoms with Crippen LogP contribution in [0, 0.1) is 0 Å². The van der Waals surface area contributed by atoms with E-state index in [0.717, 1.165) is 30.4 Å². The summed E-state index contributed by atoms with van der Waals surface area (Å²) in [5.74, 6) is -0.350. The summed E-state index contributed by atoms with van der Waals surface area (Å²) in [6.45, 7) is 10.1. The largest absolute Gasteiger partial charge is 0.462 e. The van der Waals surface area contributed by atoms with Gasteiger partial charge >= 0.3 is 5.97 Å². The number of aryl methyl sites for hydroxylation is 3. The Labute approximate surface area is 216 Å². The number of esters is 1. The van der Waals surface area contributed by atoms with Gasteiger partial charge in [-0.05, 0) is 83.5 Å². The minimum absolute atomic E-state index is 0.00589. The van der Waals surface area contributed by atoms with Gasteiger partial charge in [-0.3, -0.25) is 0 Å². The first-order valence-corrected chi connectivity index (χ1v) is 13.2. The number of aliphatic hydroxyl groups excluding tert-OH is 1. The molecule has 0 aromatic heterocycles. The highest BCUT2D eigenvalue weighted by Crippen LogP contribution is 2.33. The Kier molecular flexibility index (Phi) is 10.5. The molecule has 0 fully saturated rings. The molecule has 0 atom stereocenters. The van der Waals surface area contributed by atoms with Crippen LogP contribution in [0.3, 0.4) is 0 Å². The molecule has 0 bridgehead atoms. The van der Waals surface area contributed by atoms with Gasteiger partial charge in [-0.2, -0.15) is 0 Å². The SMILES string of the molecule is C=C(C)C(=O)OCCCc1cc(CO)ccc1-c1ccc(-c2ccc(CCCCC)cc2)cc1CC. The maximum Gasteiger partial charge on any atom is 0.333 e. The number of hydrogen-bond donors (Lipinski definition) is 1. The Balaban J connectivity index is 1.82. The highest BCUT2D eigenvalue weighted by atomic mass is 16.5. The predicted octanol–water partition coefficient (Wildman–Crippen LogP) is 7.86. The lowest BCUT2D eigenvalue weighted by atomic mass is 9.89. The van der Waals surface area contributed by atoms with Gasteiger partial charge in [-0.15, -0.1) is 0 Å². The third-order valence-corrected chi connectivity index (χ3v) is 6.66. The molecule has 0 saturated heterocycles. The van der Waals surface area contributed by atoms with Gasteiger partial charge in [0.25, 0.3) is 0 Å². The van der Waals surface area contributed by atoms with Crippen molar-refractivity contribution in [2.24, 2.45) is 0 Å². The van der Waals surface area contributed by atoms with Crippen LogP contribution in [0.15, 0.2) is 72.8 Å². The third-order valence-electron chi connectivity index (χ3n) is 6.66. The number of carbonyl (C=O) groups is 1. The summed E-state index contributed by atoms with van der Waals surface area (Å²) in [5, 5.41) is 9.69. The minimum atomic E-state index is -0.350. The second-order valence-corrected chi connectivity index (χ2v) is 9.55. The van der Waals surface area contributed by atoms with Gasteiger partial charge in [0.1, 0.15) is 0 Å². The van der Waals surface area contributed by atoms with Crippen molar-refractivity contribution < 1.29 is 14.6 Å². The van der Waals surface area contributed by atoms with Gasteiger partial charge in [0.2, 0.25) is 0 Å². The topological polar surface area (TPSA) is 46.5 Å². The van der Waals surface area contributed by atoms with E-state index in [1.807, 2.05) is 6.07 Å². The van der Waals surface area contributed by atoms with E-state index in [4.69, 9.17) is 4.74 Å². The fraction of sp³-hybridized carbons (Fsp3) is 0.364. The van der Waals surface area contributed by atoms with Gasteiger partial charge in [0.05, 0.1) is 13.2 Å². The molecule has 36 heavy (non-hydrogen) atoms. The molecule has 0 aliphatic carbocycles. The molecule has 190 valence electrons. The lowest BCUT2D eigenvalue weighted by Gasteiger charge is -2.16. The van der Waals surface area contributed by atoms with E-state index >= 15 is 0 Å². The normalized spacial score (nSPS) is 10.9. The van der Waals surface area contributed by atoms with Crippen molar-refractivity contribution in [3.63, 3.8) is 0 Å². The van der Waals surface area contributed by atoms with Crippen molar-refractivity contribution in [1.29, 1.82) is 0 Å². The molecule has 0 unspecified atom stereocenters. The van der Waals surface area contributed by atoms with Crippen LogP contribution in [0.2, 0.25) is 0 Å². The molecule has 0 aliphatic heterocycles. The summed E-state index contributed by atoms with van der Waals surface area (Å²) in [7, 11) is 0. The fourth-order valence-corrected chi connectivity index (χ4v) is 4.54. The quantitative estimate of drug-likeness (QED) is 0.153. The highest BCUT2D eigenvalue weighted by Gasteiger charge is 2.12. The first kappa shape index (κ1) is 27.4. The number of rotatable bonds is 13. The third kappa shape index (κ3) is 7.41. The maximum absolute atomic E-state index is 11.7. The van der Waals surface area contributed by atoms with Crippen molar-refractivity contribution in [3.8, 4) is 22.3 Å². The summed E-state index contributed by atoms with van der Waals surface area (Å²) in [4.78, 5) is 11.7. The van der Waals surface area contributed by atoms with Crippen molar-refractivity contribution in [1.82, 2.24) is 0 Å². The Bertz CT molecular complexity index is 1160. The van der Waals surface area contributed by atoms with Crippen LogP contribution >= 0.6 is 0 Å². The molecule has 3 heteroatoms. The maximum atomic E-state index is 11.7. The van der Waals surface area contributed by atoms with E-state index in [0.29, 0.717) is 18.6 Å². The van der Waals surface area contributed by atoms with Crippen LogP contribution in [0.1, 0.15) is 68.7 Å². The molecule has 3 aromatic rings. The van der Waals surface area contributed by atoms with E-state index in [9.17, 15) is 9.90 Å². The number of carbonyl (C=O) groups excluding carboxylic acids is 1. The standard InChI is InChI=1S/C33H40O3/c1-5-7-8-10-25-12-15-28(16-13-25)29-17-19-31(27(6-2)22-29)32-18-14-26(23-34)21-30(32)11-9-20-36-33(35)24(3)4/h12-19,21-22,34H,3,5-11,20,23H2,1-2,4H3. The van der Waals surface area contributed by atoms with Crippen molar-refractivity contribution in [3.05, 3.63) is 95.1 Å². The first-order valence-electron chi connectivity index (χ1n) is 13.2. The summed E-state index contributed by atoms with van der Waals surface area (Å²) in [5.41, 5.74) is 10.0. The molecule has 0 radical (unpaired) electrons. The molecule has 3 aromatic carbocycles. The smallest absolute Gasteiger partial charge is 0.333 e. The van der Waals surface area contributed by atoms with Crippen LogP contribution in [0.25, 0.3) is 22.3 Å². The van der Waals surface area contributed by atoms with Crippen molar-refractivity contribution in [2.45, 2.75) is 72.3 Å². The zero-order valence-electron chi connectivity index (χ0n) is 22.1. The van der Waals surface area contributed by atoms with E-state index in [-0.39, 0.29) is 12.6 Å². The number of aliphatic hydroxyl groups is 1. The van der Waals surface area contributed by atoms with E-state index < -0.39 is 0 Å². The molecule has 0 spiro atoms. The van der Waals surface area contributed by atoms with Gasteiger partial charge in [-0.1, -0.05) is 93.9 Å². The lowest BCUT2D eigenvalue weighted by Crippen LogP contribution is -2.07. The van der Waals surface area contributed by atoms with Crippen LogP contribution in [0.4, 0.5) is 0 Å². The molecule has 3 rings (SSSR count). The molecule has 0 saturated carbocycles. The van der Waals surface area contributed by atoms with Gasteiger partial charge in [-0.25, -0.2) is 4.79 Å². The van der Waals surface area contributed by atoms with Crippen molar-refractivity contribution in [2.75, 3.05) is 6.61 Å². The molecule has 0 amide bonds. The molecular formula is C33H40O3. The summed E-state index contributed by atoms with van der Waals surface area (Å²) in [6.07, 6.45) is 7.32. The van der Waals surface area contributed by atoms with Crippen LogP contribution < -0.4 is 0 Å². The first-order chi connectivity index (χ1) is 17.5. The average Bonchev–Trinajstić information content (AvgIpc) is 2.91. The van der Waals surface area contributed by atoms with Crippen LogP contribution in [0.5, 0.6) is 0 Å². The van der Waals surface area contributed by atoms with Gasteiger partial charge < -0.3 is 9.84 Å². The minimum Gasteiger partial charge on any atom is -0.462 e. The van der Waals surface area contributed by atoms with E-state index in [1.165, 1.54) is 52.6 Å². The molecule has 3 nitrogen and oxygen atoms in total. The lowest BCUT2D eigenvalue weighted by molar-refractivity contribution is -0.139. The molecule has 1 N–H and O–H groups in total. The number of unbranched alkanes of at least 4 members (excludes halogenated alkanes) is 2. The number of ether oxygens (including phenoxy) is 1. The van der Waals surface area contributed by atoms with Gasteiger partial charge in [0, 0.05) is 5.57 Å². The van der Waals surface area contributed by atoms with Gasteiger partial charge in [0.15, 0.2) is 0 Å². The Morgan fingerprint density at radius 3 is 2.14 bits per heavy atom. The Morgan fingerprint density at radius 2 is 1.47 bits per heavy atom. The molecular weight excluding hydrogens is 444 g/mol. The average molecular weight is 485 g/mol. The second-order valence-electron chi connectivity index (χ2n) is 9.55. The zero-order valence-corrected chi connectivity index (χ0v) is 22.1. The summed E-state index contributed by atoms with van der Waals surface area (Å²) >= 11 is 0. The second kappa shape index (κ2) is 13.8. The zero-order chi connectivity index (χ0) is 25.9. The number of hydrogen-bond acceptors (Lipinski definition) is 3. The predicted molar refractivity (Wildman–Crippen MR) is 150 cm³/mol. The monoisotopic (exact) mass is 484 g/mol. The highest BCUT2D eigenvalue weighted by molar-refractivity contribution is 5.86. The summed E-state index contributed by atoms with van der Waals surface area (Å²) < 4.78 is 5.28. The Morgan fingerprint density at radius 1 is 0.806 bits per heavy atom. The van der Waals surface area contributed by atoms with E-state index in [2.05, 4.69) is 75.0 Å². The van der Waals surface area contributed by atoms with Crippen molar-refractivity contribution >= 4 is 5.97 Å². The summed E-state index contributed by atoms with van der Waals surface area (Å²) in [6, 6.07) is 21.9. The van der Waals surface area contributed by atoms with Crippen LogP contribution in [-0.4, -0.2) is 17.7 Å². The number of benzene rings is 3. The molecule has 0 heterocycles. The fourth-order valence-electron chi connectivity index (χ4n) is 4.54.